The van der Waals surface area contributed by atoms with E-state index in [2.05, 4.69) is 40.2 Å². The zero-order valence-corrected chi connectivity index (χ0v) is 11.4. The Labute approximate surface area is 113 Å². The highest BCUT2D eigenvalue weighted by molar-refractivity contribution is 5.85. The van der Waals surface area contributed by atoms with Crippen LogP contribution in [-0.2, 0) is 11.3 Å². The van der Waals surface area contributed by atoms with E-state index in [9.17, 15) is 0 Å². The number of nitrogens with zero attached hydrogens (tertiary/aromatic N) is 2. The molecule has 2 aromatic rings. The Morgan fingerprint density at radius 2 is 2.22 bits per heavy atom. The summed E-state index contributed by atoms with van der Waals surface area (Å²) in [6, 6.07) is 8.55. The molecule has 0 spiro atoms. The minimum absolute atomic E-state index is 0. The van der Waals surface area contributed by atoms with Crippen molar-refractivity contribution in [3.63, 3.8) is 0 Å². The van der Waals surface area contributed by atoms with Gasteiger partial charge in [-0.1, -0.05) is 18.2 Å². The summed E-state index contributed by atoms with van der Waals surface area (Å²) in [4.78, 5) is 0. The van der Waals surface area contributed by atoms with Crippen molar-refractivity contribution in [1.82, 2.24) is 15.1 Å². The van der Waals surface area contributed by atoms with Crippen molar-refractivity contribution in [2.75, 3.05) is 13.7 Å². The highest BCUT2D eigenvalue weighted by atomic mass is 35.5. The lowest BCUT2D eigenvalue weighted by Crippen LogP contribution is -2.35. The van der Waals surface area contributed by atoms with E-state index in [1.165, 1.54) is 11.1 Å². The fourth-order valence-electron chi connectivity index (χ4n) is 2.45. The molecule has 0 aliphatic carbocycles. The predicted molar refractivity (Wildman–Crippen MR) is 74.2 cm³/mol. The van der Waals surface area contributed by atoms with Gasteiger partial charge in [-0.2, -0.15) is 5.10 Å². The monoisotopic (exact) mass is 267 g/mol. The summed E-state index contributed by atoms with van der Waals surface area (Å²) in [7, 11) is 1.96. The second kappa shape index (κ2) is 5.26. The van der Waals surface area contributed by atoms with E-state index in [1.807, 2.05) is 13.1 Å². The van der Waals surface area contributed by atoms with Gasteiger partial charge in [0.2, 0.25) is 0 Å². The van der Waals surface area contributed by atoms with Crippen molar-refractivity contribution in [3.8, 4) is 0 Å². The van der Waals surface area contributed by atoms with Crippen molar-refractivity contribution in [1.29, 1.82) is 0 Å². The highest BCUT2D eigenvalue weighted by Crippen LogP contribution is 2.31. The molecule has 18 heavy (non-hydrogen) atoms. The fourth-order valence-corrected chi connectivity index (χ4v) is 2.45. The number of halogens is 1. The maximum absolute atomic E-state index is 5.90. The summed E-state index contributed by atoms with van der Waals surface area (Å²) in [6.07, 6.45) is 0.0844. The summed E-state index contributed by atoms with van der Waals surface area (Å²) < 4.78 is 7.99. The van der Waals surface area contributed by atoms with E-state index in [0.29, 0.717) is 0 Å². The number of hydrogen-bond acceptors (Lipinski definition) is 3. The Hall–Kier alpha value is -1.10. The summed E-state index contributed by atoms with van der Waals surface area (Å²) in [5.74, 6) is 0. The number of rotatable bonds is 2. The second-order valence-electron chi connectivity index (χ2n) is 4.49. The average molecular weight is 268 g/mol. The van der Waals surface area contributed by atoms with E-state index in [0.717, 1.165) is 18.7 Å². The maximum Gasteiger partial charge on any atom is 0.115 e. The van der Waals surface area contributed by atoms with Gasteiger partial charge in [0.15, 0.2) is 0 Å². The first-order valence-corrected chi connectivity index (χ1v) is 6.05. The van der Waals surface area contributed by atoms with Gasteiger partial charge < -0.3 is 10.1 Å². The molecule has 5 heteroatoms. The molecule has 0 saturated heterocycles. The van der Waals surface area contributed by atoms with E-state index in [4.69, 9.17) is 4.74 Å². The SMILES string of the molecule is CN[C@H](C)[C@@H]1OCCn2nc3ccccc3c21.Cl. The van der Waals surface area contributed by atoms with Crippen LogP contribution in [0.4, 0.5) is 0 Å². The molecule has 0 bridgehead atoms. The van der Waals surface area contributed by atoms with Crippen molar-refractivity contribution in [2.24, 2.45) is 0 Å². The van der Waals surface area contributed by atoms with Gasteiger partial charge in [0, 0.05) is 11.4 Å². The van der Waals surface area contributed by atoms with Crippen molar-refractivity contribution in [3.05, 3.63) is 30.0 Å². The van der Waals surface area contributed by atoms with Gasteiger partial charge in [-0.25, -0.2) is 0 Å². The van der Waals surface area contributed by atoms with Crippen LogP contribution in [0.25, 0.3) is 10.9 Å². The number of aromatic nitrogens is 2. The summed E-state index contributed by atoms with van der Waals surface area (Å²) in [6.45, 7) is 3.72. The molecule has 2 atom stereocenters. The van der Waals surface area contributed by atoms with E-state index in [1.54, 1.807) is 0 Å². The standard InChI is InChI=1S/C13H17N3O.ClH/c1-9(14-2)13-12-10-5-3-4-6-11(10)15-16(12)7-8-17-13;/h3-6,9,13-14H,7-8H2,1-2H3;1H/t9-,13+;/m1./s1. The minimum Gasteiger partial charge on any atom is -0.368 e. The number of fused-ring (bicyclic) bond motifs is 3. The topological polar surface area (TPSA) is 39.1 Å². The van der Waals surface area contributed by atoms with Crippen LogP contribution in [0.2, 0.25) is 0 Å². The third kappa shape index (κ3) is 2.00. The van der Waals surface area contributed by atoms with Crippen LogP contribution in [0, 0.1) is 0 Å². The zero-order chi connectivity index (χ0) is 11.8. The molecule has 1 aliphatic heterocycles. The molecule has 1 aromatic heterocycles. The van der Waals surface area contributed by atoms with Gasteiger partial charge >= 0.3 is 0 Å². The third-order valence-corrected chi connectivity index (χ3v) is 3.47. The minimum atomic E-state index is 0. The summed E-state index contributed by atoms with van der Waals surface area (Å²) >= 11 is 0. The molecule has 2 heterocycles. The molecule has 1 aromatic carbocycles. The number of benzene rings is 1. The van der Waals surface area contributed by atoms with Gasteiger partial charge in [-0.3, -0.25) is 4.68 Å². The van der Waals surface area contributed by atoms with Crippen LogP contribution in [-0.4, -0.2) is 29.5 Å². The molecule has 0 amide bonds. The van der Waals surface area contributed by atoms with Crippen LogP contribution in [0.3, 0.4) is 0 Å². The Morgan fingerprint density at radius 1 is 1.44 bits per heavy atom. The largest absolute Gasteiger partial charge is 0.368 e. The van der Waals surface area contributed by atoms with E-state index in [-0.39, 0.29) is 24.6 Å². The van der Waals surface area contributed by atoms with E-state index < -0.39 is 0 Å². The molecule has 98 valence electrons. The Morgan fingerprint density at radius 3 is 3.00 bits per heavy atom. The Bertz CT molecular complexity index is 540. The number of ether oxygens (including phenoxy) is 1. The van der Waals surface area contributed by atoms with Crippen molar-refractivity contribution < 1.29 is 4.74 Å². The number of likely N-dealkylation sites (N-methyl/N-ethyl adjacent to an activating group) is 1. The first kappa shape index (κ1) is 13.3. The van der Waals surface area contributed by atoms with Crippen molar-refractivity contribution >= 4 is 23.3 Å². The lowest BCUT2D eigenvalue weighted by molar-refractivity contribution is -0.000832. The van der Waals surface area contributed by atoms with Gasteiger partial charge in [-0.05, 0) is 20.0 Å². The first-order valence-electron chi connectivity index (χ1n) is 6.05. The highest BCUT2D eigenvalue weighted by Gasteiger charge is 2.28. The third-order valence-electron chi connectivity index (χ3n) is 3.47. The molecule has 0 fully saturated rings. The molecular weight excluding hydrogens is 250 g/mol. The zero-order valence-electron chi connectivity index (χ0n) is 10.6. The molecule has 1 aliphatic rings. The molecular formula is C13H18ClN3O. The van der Waals surface area contributed by atoms with Crippen LogP contribution < -0.4 is 5.32 Å². The molecule has 0 saturated carbocycles. The average Bonchev–Trinajstić information content (AvgIpc) is 2.76. The van der Waals surface area contributed by atoms with Gasteiger partial charge in [0.1, 0.15) is 6.10 Å². The van der Waals surface area contributed by atoms with Crippen LogP contribution in [0.5, 0.6) is 0 Å². The molecule has 3 rings (SSSR count). The van der Waals surface area contributed by atoms with E-state index >= 15 is 0 Å². The first-order chi connectivity index (χ1) is 8.31. The van der Waals surface area contributed by atoms with Gasteiger partial charge in [0.05, 0.1) is 24.4 Å². The lowest BCUT2D eigenvalue weighted by atomic mass is 10.0. The summed E-state index contributed by atoms with van der Waals surface area (Å²) in [5.41, 5.74) is 2.26. The Kier molecular flexibility index (Phi) is 3.90. The van der Waals surface area contributed by atoms with Crippen LogP contribution in [0.15, 0.2) is 24.3 Å². The predicted octanol–water partition coefficient (Wildman–Crippen LogP) is 2.14. The van der Waals surface area contributed by atoms with Crippen LogP contribution >= 0.6 is 12.4 Å². The molecule has 0 unspecified atom stereocenters. The lowest BCUT2D eigenvalue weighted by Gasteiger charge is -2.29. The van der Waals surface area contributed by atoms with Gasteiger partial charge in [0.25, 0.3) is 0 Å². The summed E-state index contributed by atoms with van der Waals surface area (Å²) in [5, 5.41) is 9.10. The number of hydrogen-bond donors (Lipinski definition) is 1. The Balaban J connectivity index is 0.00000120. The van der Waals surface area contributed by atoms with Gasteiger partial charge in [-0.15, -0.1) is 12.4 Å². The normalized spacial score (nSPS) is 20.2. The van der Waals surface area contributed by atoms with Crippen LogP contribution in [0.1, 0.15) is 18.7 Å². The molecule has 1 N–H and O–H groups in total. The maximum atomic E-state index is 5.90. The number of nitrogens with one attached hydrogen (secondary N) is 1. The molecule has 4 nitrogen and oxygen atoms in total. The smallest absolute Gasteiger partial charge is 0.115 e. The molecule has 0 radical (unpaired) electrons. The van der Waals surface area contributed by atoms with Crippen molar-refractivity contribution in [2.45, 2.75) is 25.6 Å². The fraction of sp³-hybridized carbons (Fsp3) is 0.462. The second-order valence-corrected chi connectivity index (χ2v) is 4.49. The quantitative estimate of drug-likeness (QED) is 0.906.